The first-order chi connectivity index (χ1) is 16.9. The van der Waals surface area contributed by atoms with Gasteiger partial charge in [-0.1, -0.05) is 72.8 Å². The highest BCUT2D eigenvalue weighted by atomic mass is 19.1. The van der Waals surface area contributed by atoms with Gasteiger partial charge in [-0.15, -0.1) is 0 Å². The summed E-state index contributed by atoms with van der Waals surface area (Å²) in [6.45, 7) is 5.09. The fraction of sp³-hybridized carbons (Fsp3) is 0.310. The van der Waals surface area contributed by atoms with Gasteiger partial charge in [0.2, 0.25) is 11.8 Å². The molecule has 6 heteroatoms. The smallest absolute Gasteiger partial charge is 0.247 e. The van der Waals surface area contributed by atoms with Crippen LogP contribution in [0, 0.1) is 5.82 Å². The summed E-state index contributed by atoms with van der Waals surface area (Å²) in [5, 5.41) is 2.98. The van der Waals surface area contributed by atoms with Crippen LogP contribution in [-0.4, -0.2) is 36.0 Å². The lowest BCUT2D eigenvalue weighted by atomic mass is 10.0. The average Bonchev–Trinajstić information content (AvgIpc) is 2.85. The van der Waals surface area contributed by atoms with Crippen LogP contribution in [0.25, 0.3) is 0 Å². The summed E-state index contributed by atoms with van der Waals surface area (Å²) in [5.74, 6) is -0.797. The van der Waals surface area contributed by atoms with Crippen molar-refractivity contribution in [3.05, 3.63) is 107 Å². The maximum absolute atomic E-state index is 13.6. The van der Waals surface area contributed by atoms with Gasteiger partial charge in [0.25, 0.3) is 0 Å². The monoisotopic (exact) mass is 476 g/mol. The Kier molecular flexibility index (Phi) is 9.99. The van der Waals surface area contributed by atoms with E-state index in [1.807, 2.05) is 74.5 Å². The first-order valence-corrected chi connectivity index (χ1v) is 12.0. The molecule has 35 heavy (non-hydrogen) atoms. The molecule has 3 rings (SSSR count). The minimum absolute atomic E-state index is 0.129. The van der Waals surface area contributed by atoms with E-state index >= 15 is 0 Å². The van der Waals surface area contributed by atoms with E-state index in [-0.39, 0.29) is 36.7 Å². The fourth-order valence-corrected chi connectivity index (χ4v) is 3.79. The topological polar surface area (TPSA) is 58.6 Å². The van der Waals surface area contributed by atoms with Gasteiger partial charge in [-0.3, -0.25) is 9.59 Å². The maximum Gasteiger partial charge on any atom is 0.247 e. The molecule has 0 aliphatic carbocycles. The highest BCUT2D eigenvalue weighted by molar-refractivity contribution is 5.89. The standard InChI is InChI=1S/C29H33FN2O3/c1-22(2)35-19-9-18-31-29(34)28(25-12-7-4-8-13-25)32(21-24-14-16-26(30)17-15-24)27(33)20-23-10-5-3-6-11-23/h3-8,10-17,22,28H,9,18-21H2,1-2H3,(H,31,34)/t28-/m1/s1. The molecule has 3 aromatic carbocycles. The van der Waals surface area contributed by atoms with E-state index in [9.17, 15) is 14.0 Å². The van der Waals surface area contributed by atoms with Crippen LogP contribution < -0.4 is 5.32 Å². The molecule has 0 fully saturated rings. The number of nitrogens with zero attached hydrogens (tertiary/aromatic N) is 1. The number of nitrogens with one attached hydrogen (secondary N) is 1. The van der Waals surface area contributed by atoms with Crippen molar-refractivity contribution in [2.24, 2.45) is 0 Å². The molecule has 0 aromatic heterocycles. The summed E-state index contributed by atoms with van der Waals surface area (Å²) in [6, 6.07) is 23.9. The van der Waals surface area contributed by atoms with Crippen molar-refractivity contribution in [3.63, 3.8) is 0 Å². The van der Waals surface area contributed by atoms with Crippen LogP contribution in [0.1, 0.15) is 43.0 Å². The average molecular weight is 477 g/mol. The minimum atomic E-state index is -0.830. The van der Waals surface area contributed by atoms with Crippen LogP contribution in [0.4, 0.5) is 4.39 Å². The molecular formula is C29H33FN2O3. The molecule has 3 aromatic rings. The molecule has 0 bridgehead atoms. The first kappa shape index (κ1) is 26.1. The Balaban J connectivity index is 1.87. The maximum atomic E-state index is 13.6. The number of carbonyl (C=O) groups is 2. The molecule has 1 atom stereocenters. The molecule has 0 radical (unpaired) electrons. The molecule has 0 saturated heterocycles. The van der Waals surface area contributed by atoms with E-state index in [1.54, 1.807) is 17.0 Å². The van der Waals surface area contributed by atoms with Crippen molar-refractivity contribution in [2.75, 3.05) is 13.2 Å². The molecule has 0 aliphatic heterocycles. The second-order valence-electron chi connectivity index (χ2n) is 8.69. The summed E-state index contributed by atoms with van der Waals surface area (Å²) in [6.07, 6.45) is 0.951. The fourth-order valence-electron chi connectivity index (χ4n) is 3.79. The number of rotatable bonds is 12. The van der Waals surface area contributed by atoms with Crippen LogP contribution >= 0.6 is 0 Å². The van der Waals surface area contributed by atoms with Gasteiger partial charge in [-0.25, -0.2) is 4.39 Å². The van der Waals surface area contributed by atoms with Crippen molar-refractivity contribution >= 4 is 11.8 Å². The SMILES string of the molecule is CC(C)OCCCNC(=O)[C@@H](c1ccccc1)N(Cc1ccc(F)cc1)C(=O)Cc1ccccc1. The predicted molar refractivity (Wildman–Crippen MR) is 135 cm³/mol. The predicted octanol–water partition coefficient (Wildman–Crippen LogP) is 5.07. The Labute approximate surface area is 206 Å². The van der Waals surface area contributed by atoms with Crippen LogP contribution in [0.2, 0.25) is 0 Å². The Hall–Kier alpha value is -3.51. The molecule has 1 N–H and O–H groups in total. The Bertz CT molecular complexity index is 1060. The zero-order chi connectivity index (χ0) is 25.0. The Morgan fingerprint density at radius 3 is 2.14 bits per heavy atom. The zero-order valence-electron chi connectivity index (χ0n) is 20.3. The molecule has 0 spiro atoms. The van der Waals surface area contributed by atoms with Crippen molar-refractivity contribution in [2.45, 2.75) is 45.4 Å². The number of hydrogen-bond donors (Lipinski definition) is 1. The van der Waals surface area contributed by atoms with Gasteiger partial charge in [0, 0.05) is 19.7 Å². The lowest BCUT2D eigenvalue weighted by molar-refractivity contribution is -0.141. The molecule has 0 aliphatic rings. The number of hydrogen-bond acceptors (Lipinski definition) is 3. The van der Waals surface area contributed by atoms with E-state index in [2.05, 4.69) is 5.32 Å². The van der Waals surface area contributed by atoms with Crippen molar-refractivity contribution in [3.8, 4) is 0 Å². The number of ether oxygens (including phenoxy) is 1. The lowest BCUT2D eigenvalue weighted by Gasteiger charge is -2.32. The number of amides is 2. The van der Waals surface area contributed by atoms with E-state index in [0.717, 1.165) is 11.1 Å². The molecule has 184 valence electrons. The number of halogens is 1. The van der Waals surface area contributed by atoms with Crippen LogP contribution in [0.15, 0.2) is 84.9 Å². The van der Waals surface area contributed by atoms with Gasteiger partial charge in [-0.2, -0.15) is 0 Å². The highest BCUT2D eigenvalue weighted by Gasteiger charge is 2.31. The van der Waals surface area contributed by atoms with Gasteiger partial charge >= 0.3 is 0 Å². The van der Waals surface area contributed by atoms with E-state index in [0.29, 0.717) is 25.1 Å². The second kappa shape index (κ2) is 13.4. The minimum Gasteiger partial charge on any atom is -0.379 e. The Morgan fingerprint density at radius 2 is 1.51 bits per heavy atom. The molecule has 0 saturated carbocycles. The van der Waals surface area contributed by atoms with Gasteiger partial charge in [0.15, 0.2) is 0 Å². The molecule has 5 nitrogen and oxygen atoms in total. The van der Waals surface area contributed by atoms with Crippen LogP contribution in [0.5, 0.6) is 0 Å². The van der Waals surface area contributed by atoms with E-state index in [4.69, 9.17) is 4.74 Å². The van der Waals surface area contributed by atoms with Crippen molar-refractivity contribution in [1.29, 1.82) is 0 Å². The van der Waals surface area contributed by atoms with E-state index in [1.165, 1.54) is 12.1 Å². The molecule has 0 unspecified atom stereocenters. The van der Waals surface area contributed by atoms with Crippen molar-refractivity contribution in [1.82, 2.24) is 10.2 Å². The molecular weight excluding hydrogens is 443 g/mol. The van der Waals surface area contributed by atoms with Gasteiger partial charge < -0.3 is 15.0 Å². The lowest BCUT2D eigenvalue weighted by Crippen LogP contribution is -2.44. The summed E-state index contributed by atoms with van der Waals surface area (Å²) < 4.78 is 19.1. The summed E-state index contributed by atoms with van der Waals surface area (Å²) >= 11 is 0. The quantitative estimate of drug-likeness (QED) is 0.371. The largest absolute Gasteiger partial charge is 0.379 e. The van der Waals surface area contributed by atoms with Gasteiger partial charge in [0.05, 0.1) is 12.5 Å². The second-order valence-corrected chi connectivity index (χ2v) is 8.69. The molecule has 2 amide bonds. The van der Waals surface area contributed by atoms with E-state index < -0.39 is 6.04 Å². The van der Waals surface area contributed by atoms with Gasteiger partial charge in [-0.05, 0) is 49.1 Å². The third-order valence-corrected chi connectivity index (χ3v) is 5.53. The summed E-state index contributed by atoms with van der Waals surface area (Å²) in [4.78, 5) is 28.7. The zero-order valence-corrected chi connectivity index (χ0v) is 20.3. The first-order valence-electron chi connectivity index (χ1n) is 12.0. The summed E-state index contributed by atoms with van der Waals surface area (Å²) in [5.41, 5.74) is 2.32. The third kappa shape index (κ3) is 8.34. The summed E-state index contributed by atoms with van der Waals surface area (Å²) in [7, 11) is 0. The van der Waals surface area contributed by atoms with Crippen LogP contribution in [-0.2, 0) is 27.3 Å². The van der Waals surface area contributed by atoms with Gasteiger partial charge in [0.1, 0.15) is 11.9 Å². The highest BCUT2D eigenvalue weighted by Crippen LogP contribution is 2.25. The van der Waals surface area contributed by atoms with Crippen molar-refractivity contribution < 1.29 is 18.7 Å². The normalized spacial score (nSPS) is 11.8. The number of carbonyl (C=O) groups excluding carboxylic acids is 2. The molecule has 0 heterocycles. The number of benzene rings is 3. The third-order valence-electron chi connectivity index (χ3n) is 5.53. The Morgan fingerprint density at radius 1 is 0.886 bits per heavy atom. The van der Waals surface area contributed by atoms with Crippen LogP contribution in [0.3, 0.4) is 0 Å².